The number of hydrogen-bond donors (Lipinski definition) is 2. The van der Waals surface area contributed by atoms with E-state index in [1.807, 2.05) is 13.1 Å². The smallest absolute Gasteiger partial charge is 0.0947 e. The highest BCUT2D eigenvalue weighted by Gasteiger charge is 2.11. The third-order valence-electron chi connectivity index (χ3n) is 3.11. The van der Waals surface area contributed by atoms with Crippen LogP contribution in [0.4, 0.5) is 5.69 Å². The van der Waals surface area contributed by atoms with Crippen molar-refractivity contribution >= 4 is 5.69 Å². The average molecular weight is 280 g/mol. The van der Waals surface area contributed by atoms with Crippen LogP contribution in [0.3, 0.4) is 0 Å². The van der Waals surface area contributed by atoms with Crippen LogP contribution in [0.2, 0.25) is 0 Å². The lowest BCUT2D eigenvalue weighted by molar-refractivity contribution is 0.0695. The van der Waals surface area contributed by atoms with Gasteiger partial charge in [0, 0.05) is 32.9 Å². The number of anilines is 1. The minimum Gasteiger partial charge on any atom is -0.389 e. The predicted octanol–water partition coefficient (Wildman–Crippen LogP) is 1.88. The van der Waals surface area contributed by atoms with Gasteiger partial charge in [-0.1, -0.05) is 32.0 Å². The topological polar surface area (TPSA) is 44.7 Å². The van der Waals surface area contributed by atoms with Crippen molar-refractivity contribution in [1.82, 2.24) is 5.32 Å². The number of methoxy groups -OCH3 is 1. The van der Waals surface area contributed by atoms with E-state index in [1.165, 1.54) is 5.56 Å². The van der Waals surface area contributed by atoms with Crippen molar-refractivity contribution in [3.8, 4) is 0 Å². The van der Waals surface area contributed by atoms with Crippen LogP contribution in [0.1, 0.15) is 19.4 Å². The Balaban J connectivity index is 2.63. The minimum atomic E-state index is -0.471. The predicted molar refractivity (Wildman–Crippen MR) is 84.1 cm³/mol. The van der Waals surface area contributed by atoms with E-state index in [4.69, 9.17) is 4.74 Å². The summed E-state index contributed by atoms with van der Waals surface area (Å²) in [5.74, 6) is 0.642. The van der Waals surface area contributed by atoms with Gasteiger partial charge >= 0.3 is 0 Å². The molecule has 0 aliphatic heterocycles. The zero-order valence-corrected chi connectivity index (χ0v) is 13.1. The number of ether oxygens (including phenoxy) is 1. The molecule has 0 saturated carbocycles. The fourth-order valence-corrected chi connectivity index (χ4v) is 2.19. The van der Waals surface area contributed by atoms with Gasteiger partial charge in [-0.05, 0) is 24.1 Å². The molecule has 0 aliphatic rings. The zero-order chi connectivity index (χ0) is 15.0. The maximum absolute atomic E-state index is 9.84. The fourth-order valence-electron chi connectivity index (χ4n) is 2.19. The lowest BCUT2D eigenvalue weighted by Crippen LogP contribution is -2.32. The van der Waals surface area contributed by atoms with Crippen molar-refractivity contribution in [2.75, 3.05) is 38.8 Å². The van der Waals surface area contributed by atoms with E-state index in [2.05, 4.69) is 42.3 Å². The van der Waals surface area contributed by atoms with Gasteiger partial charge in [-0.3, -0.25) is 0 Å². The van der Waals surface area contributed by atoms with Crippen LogP contribution in [-0.2, 0) is 11.3 Å². The van der Waals surface area contributed by atoms with Gasteiger partial charge in [0.05, 0.1) is 12.7 Å². The van der Waals surface area contributed by atoms with Gasteiger partial charge in [0.25, 0.3) is 0 Å². The molecule has 0 aromatic heterocycles. The Kier molecular flexibility index (Phi) is 7.59. The van der Waals surface area contributed by atoms with E-state index in [0.29, 0.717) is 19.1 Å². The molecular formula is C16H28N2O2. The first-order chi connectivity index (χ1) is 9.54. The van der Waals surface area contributed by atoms with E-state index >= 15 is 0 Å². The van der Waals surface area contributed by atoms with Crippen molar-refractivity contribution in [3.05, 3.63) is 29.8 Å². The summed E-state index contributed by atoms with van der Waals surface area (Å²) in [6.45, 7) is 7.18. The number of aliphatic hydroxyl groups is 1. The molecule has 0 radical (unpaired) electrons. The van der Waals surface area contributed by atoms with Crippen LogP contribution >= 0.6 is 0 Å². The number of hydrogen-bond acceptors (Lipinski definition) is 4. The van der Waals surface area contributed by atoms with Gasteiger partial charge in [-0.15, -0.1) is 0 Å². The van der Waals surface area contributed by atoms with E-state index in [0.717, 1.165) is 18.8 Å². The number of likely N-dealkylation sites (N-methyl/N-ethyl adjacent to an activating group) is 1. The second kappa shape index (κ2) is 8.95. The molecule has 0 aliphatic carbocycles. The summed E-state index contributed by atoms with van der Waals surface area (Å²) in [6.07, 6.45) is -0.471. The summed E-state index contributed by atoms with van der Waals surface area (Å²) in [4.78, 5) is 2.08. The van der Waals surface area contributed by atoms with Crippen LogP contribution in [0, 0.1) is 5.92 Å². The van der Waals surface area contributed by atoms with E-state index < -0.39 is 6.10 Å². The molecule has 114 valence electrons. The normalized spacial score (nSPS) is 12.7. The highest BCUT2D eigenvalue weighted by atomic mass is 16.5. The SMILES string of the molecule is COCC(O)CN(C)c1ccccc1CNCC(C)C. The standard InChI is InChI=1S/C16H28N2O2/c1-13(2)9-17-10-14-7-5-6-8-16(14)18(3)11-15(19)12-20-4/h5-8,13,15,17,19H,9-12H2,1-4H3. The number of nitrogens with one attached hydrogen (secondary N) is 1. The summed E-state index contributed by atoms with van der Waals surface area (Å²) in [6, 6.07) is 8.30. The molecular weight excluding hydrogens is 252 g/mol. The quantitative estimate of drug-likeness (QED) is 0.725. The Hall–Kier alpha value is -1.10. The molecule has 0 heterocycles. The summed E-state index contributed by atoms with van der Waals surface area (Å²) in [5, 5.41) is 13.3. The molecule has 1 rings (SSSR count). The maximum atomic E-state index is 9.84. The van der Waals surface area contributed by atoms with Crippen LogP contribution in [-0.4, -0.2) is 45.1 Å². The summed E-state index contributed by atoms with van der Waals surface area (Å²) in [5.41, 5.74) is 2.40. The van der Waals surface area contributed by atoms with Gasteiger partial charge in [0.15, 0.2) is 0 Å². The molecule has 2 N–H and O–H groups in total. The van der Waals surface area contributed by atoms with E-state index in [9.17, 15) is 5.11 Å². The zero-order valence-electron chi connectivity index (χ0n) is 13.1. The third-order valence-corrected chi connectivity index (χ3v) is 3.11. The summed E-state index contributed by atoms with van der Waals surface area (Å²) < 4.78 is 4.97. The van der Waals surface area contributed by atoms with Crippen molar-refractivity contribution in [1.29, 1.82) is 0 Å². The Morgan fingerprint density at radius 1 is 1.30 bits per heavy atom. The molecule has 1 aromatic rings. The van der Waals surface area contributed by atoms with Crippen LogP contribution in [0.5, 0.6) is 0 Å². The largest absolute Gasteiger partial charge is 0.389 e. The van der Waals surface area contributed by atoms with Gasteiger partial charge in [-0.25, -0.2) is 0 Å². The van der Waals surface area contributed by atoms with Crippen LogP contribution < -0.4 is 10.2 Å². The van der Waals surface area contributed by atoms with Crippen molar-refractivity contribution < 1.29 is 9.84 Å². The average Bonchev–Trinajstić information content (AvgIpc) is 2.39. The number of nitrogens with zero attached hydrogens (tertiary/aromatic N) is 1. The van der Waals surface area contributed by atoms with Gasteiger partial charge in [0.1, 0.15) is 0 Å². The molecule has 1 unspecified atom stereocenters. The molecule has 0 saturated heterocycles. The second-order valence-electron chi connectivity index (χ2n) is 5.64. The van der Waals surface area contributed by atoms with Gasteiger partial charge < -0.3 is 20.1 Å². The highest BCUT2D eigenvalue weighted by molar-refractivity contribution is 5.53. The Morgan fingerprint density at radius 3 is 2.65 bits per heavy atom. The van der Waals surface area contributed by atoms with Crippen LogP contribution in [0.15, 0.2) is 24.3 Å². The molecule has 0 amide bonds. The number of para-hydroxylation sites is 1. The van der Waals surface area contributed by atoms with E-state index in [1.54, 1.807) is 7.11 Å². The van der Waals surface area contributed by atoms with Crippen molar-refractivity contribution in [2.24, 2.45) is 5.92 Å². The number of rotatable bonds is 9. The Bertz CT molecular complexity index is 382. The first-order valence-electron chi connectivity index (χ1n) is 7.21. The molecule has 4 nitrogen and oxygen atoms in total. The maximum Gasteiger partial charge on any atom is 0.0947 e. The highest BCUT2D eigenvalue weighted by Crippen LogP contribution is 2.19. The van der Waals surface area contributed by atoms with Gasteiger partial charge in [0.2, 0.25) is 0 Å². The minimum absolute atomic E-state index is 0.359. The molecule has 20 heavy (non-hydrogen) atoms. The number of benzene rings is 1. The first-order valence-corrected chi connectivity index (χ1v) is 7.21. The molecule has 1 aromatic carbocycles. The molecule has 4 heteroatoms. The summed E-state index contributed by atoms with van der Waals surface area (Å²) in [7, 11) is 3.60. The van der Waals surface area contributed by atoms with Crippen molar-refractivity contribution in [3.63, 3.8) is 0 Å². The lowest BCUT2D eigenvalue weighted by atomic mass is 10.1. The fraction of sp³-hybridized carbons (Fsp3) is 0.625. The third kappa shape index (κ3) is 5.90. The van der Waals surface area contributed by atoms with Crippen molar-refractivity contribution in [2.45, 2.75) is 26.5 Å². The molecule has 0 spiro atoms. The number of aliphatic hydroxyl groups excluding tert-OH is 1. The first kappa shape index (κ1) is 17.0. The van der Waals surface area contributed by atoms with E-state index in [-0.39, 0.29) is 0 Å². The van der Waals surface area contributed by atoms with Gasteiger partial charge in [-0.2, -0.15) is 0 Å². The van der Waals surface area contributed by atoms with Crippen LogP contribution in [0.25, 0.3) is 0 Å². The monoisotopic (exact) mass is 280 g/mol. The molecule has 1 atom stereocenters. The molecule has 0 fully saturated rings. The Labute approximate surface area is 122 Å². The second-order valence-corrected chi connectivity index (χ2v) is 5.64. The molecule has 0 bridgehead atoms. The summed E-state index contributed by atoms with van der Waals surface area (Å²) >= 11 is 0. The Morgan fingerprint density at radius 2 is 2.00 bits per heavy atom. The lowest BCUT2D eigenvalue weighted by Gasteiger charge is -2.25.